The van der Waals surface area contributed by atoms with Gasteiger partial charge in [-0.05, 0) is 43.2 Å². The minimum absolute atomic E-state index is 0.0741. The Balaban J connectivity index is 1.42. The van der Waals surface area contributed by atoms with Crippen molar-refractivity contribution in [2.45, 2.75) is 12.8 Å². The lowest BCUT2D eigenvalue weighted by Gasteiger charge is -2.32. The molecule has 9 heteroatoms. The first-order valence-corrected chi connectivity index (χ1v) is 9.66. The molecule has 1 aromatic heterocycles. The van der Waals surface area contributed by atoms with E-state index in [0.717, 1.165) is 6.42 Å². The summed E-state index contributed by atoms with van der Waals surface area (Å²) < 4.78 is 5.38. The molecule has 2 aromatic rings. The largest absolute Gasteiger partial charge is 0.482 e. The molecule has 4 rings (SSSR count). The van der Waals surface area contributed by atoms with E-state index in [0.29, 0.717) is 47.4 Å². The Kier molecular flexibility index (Phi) is 5.35. The van der Waals surface area contributed by atoms with Gasteiger partial charge in [0.2, 0.25) is 5.91 Å². The third-order valence-electron chi connectivity index (χ3n) is 4.92. The fourth-order valence-electron chi connectivity index (χ4n) is 3.44. The Morgan fingerprint density at radius 3 is 2.93 bits per heavy atom. The molecule has 3 amide bonds. The zero-order chi connectivity index (χ0) is 20.4. The summed E-state index contributed by atoms with van der Waals surface area (Å²) in [5.41, 5.74) is 1.00. The van der Waals surface area contributed by atoms with Gasteiger partial charge in [0.15, 0.2) is 6.61 Å². The van der Waals surface area contributed by atoms with Crippen molar-refractivity contribution in [3.05, 3.63) is 47.1 Å². The maximum atomic E-state index is 12.9. The lowest BCUT2D eigenvalue weighted by Crippen LogP contribution is -2.43. The number of rotatable bonds is 3. The molecule has 1 atom stereocenters. The highest BCUT2D eigenvalue weighted by Crippen LogP contribution is 2.29. The van der Waals surface area contributed by atoms with Crippen LogP contribution < -0.4 is 15.4 Å². The second kappa shape index (κ2) is 8.08. The normalized spacial score (nSPS) is 18.3. The number of hydrogen-bond acceptors (Lipinski definition) is 5. The standard InChI is InChI=1S/C20H19ClN4O4/c21-14-4-6-17(22-9-14)24-19(27)13-2-1-7-25(10-13)20(28)12-3-5-15-16(8-12)29-11-18(26)23-15/h3-6,8-9,13H,1-2,7,10-11H2,(H,23,26)(H,22,24,27). The summed E-state index contributed by atoms with van der Waals surface area (Å²) in [5.74, 6) is 0.00603. The fourth-order valence-corrected chi connectivity index (χ4v) is 3.56. The molecule has 2 aliphatic rings. The van der Waals surface area contributed by atoms with Gasteiger partial charge in [0.05, 0.1) is 16.6 Å². The third kappa shape index (κ3) is 4.32. The molecule has 0 spiro atoms. The maximum absolute atomic E-state index is 12.9. The van der Waals surface area contributed by atoms with Gasteiger partial charge < -0.3 is 20.3 Å². The van der Waals surface area contributed by atoms with Crippen molar-refractivity contribution in [2.75, 3.05) is 30.3 Å². The van der Waals surface area contributed by atoms with Crippen LogP contribution in [0.5, 0.6) is 5.75 Å². The quantitative estimate of drug-likeness (QED) is 0.803. The molecule has 0 radical (unpaired) electrons. The Morgan fingerprint density at radius 2 is 2.14 bits per heavy atom. The van der Waals surface area contributed by atoms with Crippen LogP contribution in [0.3, 0.4) is 0 Å². The van der Waals surface area contributed by atoms with Gasteiger partial charge in [-0.3, -0.25) is 14.4 Å². The van der Waals surface area contributed by atoms with Crippen LogP contribution in [0.2, 0.25) is 5.02 Å². The summed E-state index contributed by atoms with van der Waals surface area (Å²) in [6.07, 6.45) is 2.90. The van der Waals surface area contributed by atoms with Crippen molar-refractivity contribution in [3.8, 4) is 5.75 Å². The van der Waals surface area contributed by atoms with E-state index in [9.17, 15) is 14.4 Å². The highest BCUT2D eigenvalue weighted by molar-refractivity contribution is 6.30. The van der Waals surface area contributed by atoms with Gasteiger partial charge >= 0.3 is 0 Å². The first kappa shape index (κ1) is 19.2. The molecule has 8 nitrogen and oxygen atoms in total. The van der Waals surface area contributed by atoms with Gasteiger partial charge in [-0.2, -0.15) is 0 Å². The van der Waals surface area contributed by atoms with E-state index in [1.54, 1.807) is 35.2 Å². The SMILES string of the molecule is O=C1COc2cc(C(=O)N3CCCC(C(=O)Nc4ccc(Cl)cn4)C3)ccc2N1. The topological polar surface area (TPSA) is 101 Å². The zero-order valence-electron chi connectivity index (χ0n) is 15.5. The summed E-state index contributed by atoms with van der Waals surface area (Å²) in [6.45, 7) is 0.832. The van der Waals surface area contributed by atoms with Crippen LogP contribution in [0.1, 0.15) is 23.2 Å². The predicted molar refractivity (Wildman–Crippen MR) is 107 cm³/mol. The molecule has 29 heavy (non-hydrogen) atoms. The second-order valence-electron chi connectivity index (χ2n) is 6.99. The molecular weight excluding hydrogens is 396 g/mol. The number of ether oxygens (including phenoxy) is 1. The van der Waals surface area contributed by atoms with E-state index in [2.05, 4.69) is 15.6 Å². The molecule has 150 valence electrons. The van der Waals surface area contributed by atoms with Gasteiger partial charge in [0, 0.05) is 24.8 Å². The molecule has 1 aromatic carbocycles. The van der Waals surface area contributed by atoms with Crippen molar-refractivity contribution in [2.24, 2.45) is 5.92 Å². The van der Waals surface area contributed by atoms with Gasteiger partial charge in [0.25, 0.3) is 11.8 Å². The van der Waals surface area contributed by atoms with Crippen LogP contribution in [0, 0.1) is 5.92 Å². The van der Waals surface area contributed by atoms with E-state index in [4.69, 9.17) is 16.3 Å². The smallest absolute Gasteiger partial charge is 0.262 e. The summed E-state index contributed by atoms with van der Waals surface area (Å²) in [5, 5.41) is 5.97. The van der Waals surface area contributed by atoms with Gasteiger partial charge in [-0.25, -0.2) is 4.98 Å². The number of nitrogens with one attached hydrogen (secondary N) is 2. The van der Waals surface area contributed by atoms with E-state index >= 15 is 0 Å². The van der Waals surface area contributed by atoms with Gasteiger partial charge in [-0.1, -0.05) is 11.6 Å². The Labute approximate surface area is 172 Å². The Bertz CT molecular complexity index is 963. The summed E-state index contributed by atoms with van der Waals surface area (Å²) >= 11 is 5.81. The predicted octanol–water partition coefficient (Wildman–Crippen LogP) is 2.56. The van der Waals surface area contributed by atoms with E-state index in [-0.39, 0.29) is 30.2 Å². The number of carbonyl (C=O) groups excluding carboxylic acids is 3. The minimum Gasteiger partial charge on any atom is -0.482 e. The number of carbonyl (C=O) groups is 3. The summed E-state index contributed by atoms with van der Waals surface area (Å²) in [7, 11) is 0. The van der Waals surface area contributed by atoms with Crippen LogP contribution in [0.15, 0.2) is 36.5 Å². The number of likely N-dealkylation sites (tertiary alicyclic amines) is 1. The number of nitrogens with zero attached hydrogens (tertiary/aromatic N) is 2. The van der Waals surface area contributed by atoms with Crippen molar-refractivity contribution in [1.82, 2.24) is 9.88 Å². The Morgan fingerprint density at radius 1 is 1.28 bits per heavy atom. The van der Waals surface area contributed by atoms with Crippen molar-refractivity contribution < 1.29 is 19.1 Å². The number of pyridine rings is 1. The number of piperidine rings is 1. The van der Waals surface area contributed by atoms with E-state index in [1.165, 1.54) is 6.20 Å². The molecule has 0 saturated carbocycles. The Hall–Kier alpha value is -3.13. The van der Waals surface area contributed by atoms with Crippen LogP contribution in [-0.4, -0.2) is 47.3 Å². The van der Waals surface area contributed by atoms with Crippen LogP contribution >= 0.6 is 11.6 Å². The van der Waals surface area contributed by atoms with Crippen molar-refractivity contribution in [1.29, 1.82) is 0 Å². The average molecular weight is 415 g/mol. The first-order valence-electron chi connectivity index (χ1n) is 9.28. The number of amides is 3. The molecule has 3 heterocycles. The van der Waals surface area contributed by atoms with Crippen LogP contribution in [-0.2, 0) is 9.59 Å². The molecule has 1 unspecified atom stereocenters. The lowest BCUT2D eigenvalue weighted by molar-refractivity contribution is -0.121. The second-order valence-corrected chi connectivity index (χ2v) is 7.43. The molecule has 1 fully saturated rings. The van der Waals surface area contributed by atoms with E-state index in [1.807, 2.05) is 0 Å². The molecule has 2 N–H and O–H groups in total. The first-order chi connectivity index (χ1) is 14.0. The number of fused-ring (bicyclic) bond motifs is 1. The number of halogens is 1. The number of anilines is 2. The zero-order valence-corrected chi connectivity index (χ0v) is 16.2. The van der Waals surface area contributed by atoms with E-state index < -0.39 is 0 Å². The maximum Gasteiger partial charge on any atom is 0.262 e. The molecule has 2 aliphatic heterocycles. The molecule has 0 bridgehead atoms. The number of hydrogen-bond donors (Lipinski definition) is 2. The third-order valence-corrected chi connectivity index (χ3v) is 5.14. The highest BCUT2D eigenvalue weighted by Gasteiger charge is 2.30. The molecule has 1 saturated heterocycles. The fraction of sp³-hybridized carbons (Fsp3) is 0.300. The summed E-state index contributed by atoms with van der Waals surface area (Å²) in [6, 6.07) is 8.22. The molecule has 0 aliphatic carbocycles. The lowest BCUT2D eigenvalue weighted by atomic mass is 9.96. The van der Waals surface area contributed by atoms with Crippen LogP contribution in [0.4, 0.5) is 11.5 Å². The number of benzene rings is 1. The van der Waals surface area contributed by atoms with Crippen molar-refractivity contribution >= 4 is 40.8 Å². The molecular formula is C20H19ClN4O4. The van der Waals surface area contributed by atoms with Gasteiger partial charge in [-0.15, -0.1) is 0 Å². The van der Waals surface area contributed by atoms with Crippen LogP contribution in [0.25, 0.3) is 0 Å². The number of aromatic nitrogens is 1. The average Bonchev–Trinajstić information content (AvgIpc) is 2.74. The summed E-state index contributed by atoms with van der Waals surface area (Å²) in [4.78, 5) is 42.7. The monoisotopic (exact) mass is 414 g/mol. The van der Waals surface area contributed by atoms with Crippen molar-refractivity contribution in [3.63, 3.8) is 0 Å². The highest BCUT2D eigenvalue weighted by atomic mass is 35.5. The van der Waals surface area contributed by atoms with Gasteiger partial charge in [0.1, 0.15) is 11.6 Å². The minimum atomic E-state index is -0.321.